The molecule has 1 atom stereocenters. The lowest BCUT2D eigenvalue weighted by Crippen LogP contribution is -2.37. The molecule has 0 radical (unpaired) electrons. The molecule has 10 heteroatoms. The van der Waals surface area contributed by atoms with E-state index in [1.807, 2.05) is 25.1 Å². The molecule has 9 nitrogen and oxygen atoms in total. The summed E-state index contributed by atoms with van der Waals surface area (Å²) in [6.45, 7) is 9.87. The van der Waals surface area contributed by atoms with Gasteiger partial charge in [-0.25, -0.2) is 9.37 Å². The first-order valence-corrected chi connectivity index (χ1v) is 12.2. The number of alkyl halides is 1. The molecular formula is C27H35FN6O3. The number of anilines is 2. The Bertz CT molecular complexity index is 1190. The number of halogens is 1. The number of ether oxygens (including phenoxy) is 1. The lowest BCUT2D eigenvalue weighted by atomic mass is 9.95. The third-order valence-corrected chi connectivity index (χ3v) is 6.00. The third-order valence-electron chi connectivity index (χ3n) is 6.00. The molecule has 0 saturated carbocycles. The van der Waals surface area contributed by atoms with E-state index in [2.05, 4.69) is 45.2 Å². The fourth-order valence-corrected chi connectivity index (χ4v) is 3.92. The number of nitrogens with zero attached hydrogens (tertiary/aromatic N) is 4. The highest BCUT2D eigenvalue weighted by molar-refractivity contribution is 5.77. The van der Waals surface area contributed by atoms with Crippen LogP contribution < -0.4 is 16.0 Å². The molecule has 1 saturated heterocycles. The number of hydrogen-bond acceptors (Lipinski definition) is 8. The van der Waals surface area contributed by atoms with Gasteiger partial charge in [-0.15, -0.1) is 0 Å². The average molecular weight is 511 g/mol. The van der Waals surface area contributed by atoms with Gasteiger partial charge in [0.2, 0.25) is 6.41 Å². The zero-order chi connectivity index (χ0) is 27.0. The van der Waals surface area contributed by atoms with Crippen LogP contribution in [0.5, 0.6) is 0 Å². The second-order valence-electron chi connectivity index (χ2n) is 9.39. The van der Waals surface area contributed by atoms with Crippen molar-refractivity contribution in [3.8, 4) is 22.4 Å². The second kappa shape index (κ2) is 12.6. The summed E-state index contributed by atoms with van der Waals surface area (Å²) >= 11 is 0. The van der Waals surface area contributed by atoms with Crippen molar-refractivity contribution in [2.24, 2.45) is 5.73 Å². The molecule has 0 spiro atoms. The van der Waals surface area contributed by atoms with E-state index in [4.69, 9.17) is 14.5 Å². The van der Waals surface area contributed by atoms with E-state index >= 15 is 0 Å². The molecule has 3 heterocycles. The van der Waals surface area contributed by atoms with Gasteiger partial charge >= 0.3 is 0 Å². The number of amides is 1. The van der Waals surface area contributed by atoms with Crippen molar-refractivity contribution < 1.29 is 19.0 Å². The maximum absolute atomic E-state index is 14.5. The number of rotatable bonds is 7. The molecule has 0 aliphatic carbocycles. The number of hydrogen-bond donors (Lipinski definition) is 3. The molecule has 1 aromatic carbocycles. The maximum atomic E-state index is 14.5. The van der Waals surface area contributed by atoms with Crippen LogP contribution in [0.3, 0.4) is 0 Å². The van der Waals surface area contributed by atoms with Gasteiger partial charge in [0.25, 0.3) is 0 Å². The van der Waals surface area contributed by atoms with Crippen LogP contribution in [0.25, 0.3) is 22.4 Å². The van der Waals surface area contributed by atoms with Crippen molar-refractivity contribution in [2.75, 3.05) is 43.1 Å². The number of carbonyl (C=O) groups excluding carboxylic acids is 1. The number of nitrogens with one attached hydrogen (secondary N) is 1. The van der Waals surface area contributed by atoms with Crippen LogP contribution in [0.4, 0.5) is 16.0 Å². The predicted octanol–water partition coefficient (Wildman–Crippen LogP) is 3.45. The third kappa shape index (κ3) is 7.43. The number of carbonyl (C=O) groups is 1. The number of aromatic nitrogens is 3. The Morgan fingerprint density at radius 1 is 1.22 bits per heavy atom. The minimum Gasteiger partial charge on any atom is -0.394 e. The number of aliphatic hydroxyl groups is 1. The zero-order valence-corrected chi connectivity index (χ0v) is 21.7. The number of morpholine rings is 1. The topological polar surface area (TPSA) is 126 Å². The van der Waals surface area contributed by atoms with Crippen molar-refractivity contribution >= 4 is 18.0 Å². The summed E-state index contributed by atoms with van der Waals surface area (Å²) in [5, 5.41) is 21.1. The minimum absolute atomic E-state index is 0.00718. The highest BCUT2D eigenvalue weighted by Gasteiger charge is 2.21. The summed E-state index contributed by atoms with van der Waals surface area (Å²) in [7, 11) is 0. The summed E-state index contributed by atoms with van der Waals surface area (Å²) in [5.41, 5.74) is 7.77. The second-order valence-corrected chi connectivity index (χ2v) is 9.39. The Morgan fingerprint density at radius 2 is 1.92 bits per heavy atom. The number of aryl methyl sites for hydroxylation is 1. The van der Waals surface area contributed by atoms with Crippen molar-refractivity contribution in [1.29, 1.82) is 0 Å². The van der Waals surface area contributed by atoms with Gasteiger partial charge in [0.1, 0.15) is 17.3 Å². The number of aliphatic hydroxyl groups excluding tert-OH is 1. The summed E-state index contributed by atoms with van der Waals surface area (Å²) in [5.74, 6) is 1.56. The molecule has 3 aromatic rings. The van der Waals surface area contributed by atoms with E-state index in [0.717, 1.165) is 41.2 Å². The van der Waals surface area contributed by atoms with E-state index in [9.17, 15) is 9.50 Å². The highest BCUT2D eigenvalue weighted by Crippen LogP contribution is 2.33. The molecule has 1 aliphatic heterocycles. The van der Waals surface area contributed by atoms with Crippen LogP contribution in [-0.2, 0) is 15.2 Å². The van der Waals surface area contributed by atoms with Crippen molar-refractivity contribution in [3.05, 3.63) is 53.7 Å². The highest BCUT2D eigenvalue weighted by atomic mass is 19.1. The summed E-state index contributed by atoms with van der Waals surface area (Å²) in [4.78, 5) is 15.6. The van der Waals surface area contributed by atoms with Crippen LogP contribution in [0.1, 0.15) is 31.9 Å². The van der Waals surface area contributed by atoms with E-state index < -0.39 is 5.67 Å². The molecule has 198 valence electrons. The van der Waals surface area contributed by atoms with Crippen LogP contribution in [0.2, 0.25) is 0 Å². The fraction of sp³-hybridized carbons (Fsp3) is 0.407. The molecule has 1 aliphatic rings. The molecule has 4 rings (SSSR count). The summed E-state index contributed by atoms with van der Waals surface area (Å²) in [6.07, 6.45) is 1.72. The Kier molecular flexibility index (Phi) is 9.48. The van der Waals surface area contributed by atoms with Gasteiger partial charge in [-0.3, -0.25) is 4.79 Å². The van der Waals surface area contributed by atoms with Crippen molar-refractivity contribution in [3.63, 3.8) is 0 Å². The van der Waals surface area contributed by atoms with Gasteiger partial charge < -0.3 is 25.8 Å². The maximum Gasteiger partial charge on any atom is 0.204 e. The molecule has 37 heavy (non-hydrogen) atoms. The van der Waals surface area contributed by atoms with E-state index in [1.165, 1.54) is 20.0 Å². The molecule has 4 N–H and O–H groups in total. The Morgan fingerprint density at radius 3 is 2.57 bits per heavy atom. The van der Waals surface area contributed by atoms with Crippen LogP contribution >= 0.6 is 0 Å². The van der Waals surface area contributed by atoms with Crippen molar-refractivity contribution in [1.82, 2.24) is 15.2 Å². The lowest BCUT2D eigenvalue weighted by Gasteiger charge is -2.29. The first-order chi connectivity index (χ1) is 17.7. The monoisotopic (exact) mass is 510 g/mol. The molecule has 1 unspecified atom stereocenters. The molecule has 1 fully saturated rings. The van der Waals surface area contributed by atoms with E-state index in [-0.39, 0.29) is 19.1 Å². The molecule has 0 bridgehead atoms. The van der Waals surface area contributed by atoms with E-state index in [1.54, 1.807) is 6.07 Å². The van der Waals surface area contributed by atoms with Gasteiger partial charge in [-0.05, 0) is 68.7 Å². The van der Waals surface area contributed by atoms with Gasteiger partial charge in [0.15, 0.2) is 0 Å². The van der Waals surface area contributed by atoms with Crippen molar-refractivity contribution in [2.45, 2.75) is 39.4 Å². The first kappa shape index (κ1) is 27.9. The molecular weight excluding hydrogens is 475 g/mol. The quantitative estimate of drug-likeness (QED) is 0.413. The Hall–Kier alpha value is -3.63. The SMILES string of the molecule is Cc1ccc(-c2cc(C(C)(C)F)cnn2)cc1-c1cc(NC(C)CO)nc(N2CCOCC2)c1.NC=O. The predicted molar refractivity (Wildman–Crippen MR) is 143 cm³/mol. The number of pyridine rings is 1. The Labute approximate surface area is 216 Å². The van der Waals surface area contributed by atoms with Gasteiger partial charge in [0, 0.05) is 30.3 Å². The minimum atomic E-state index is -1.50. The summed E-state index contributed by atoms with van der Waals surface area (Å²) < 4.78 is 20.0. The van der Waals surface area contributed by atoms with Crippen LogP contribution in [0, 0.1) is 6.92 Å². The largest absolute Gasteiger partial charge is 0.394 e. The van der Waals surface area contributed by atoms with Crippen LogP contribution in [-0.4, -0.2) is 65.6 Å². The number of primary amides is 1. The van der Waals surface area contributed by atoms with Gasteiger partial charge in [-0.2, -0.15) is 10.2 Å². The smallest absolute Gasteiger partial charge is 0.204 e. The number of benzene rings is 1. The fourth-order valence-electron chi connectivity index (χ4n) is 3.92. The summed E-state index contributed by atoms with van der Waals surface area (Å²) in [6, 6.07) is 11.8. The normalized spacial score (nSPS) is 14.4. The van der Waals surface area contributed by atoms with E-state index in [0.29, 0.717) is 30.3 Å². The number of nitrogens with two attached hydrogens (primary N) is 1. The lowest BCUT2D eigenvalue weighted by molar-refractivity contribution is -0.106. The first-order valence-electron chi connectivity index (χ1n) is 12.2. The molecule has 1 amide bonds. The standard InChI is InChI=1S/C26H32FN5O2.CH3NO/c1-17-5-6-19(23-14-21(15-28-31-23)26(3,4)27)11-22(17)20-12-24(29-18(2)16-33)30-25(13-20)32-7-9-34-10-8-32;2-1-3/h5-6,11-15,18,33H,7-10,16H2,1-4H3,(H,29,30);1H,(H2,2,3). The van der Waals surface area contributed by atoms with Crippen LogP contribution in [0.15, 0.2) is 42.6 Å². The van der Waals surface area contributed by atoms with Gasteiger partial charge in [-0.1, -0.05) is 12.1 Å². The zero-order valence-electron chi connectivity index (χ0n) is 21.7. The Balaban J connectivity index is 0.00000121. The van der Waals surface area contributed by atoms with Gasteiger partial charge in [0.05, 0.1) is 31.7 Å². The molecule has 2 aromatic heterocycles. The average Bonchev–Trinajstić information content (AvgIpc) is 2.89.